The summed E-state index contributed by atoms with van der Waals surface area (Å²) in [6.07, 6.45) is 2.37. The molecule has 0 aliphatic carbocycles. The van der Waals surface area contributed by atoms with Gasteiger partial charge in [-0.1, -0.05) is 80.9 Å². The lowest BCUT2D eigenvalue weighted by atomic mass is 9.81. The largest absolute Gasteiger partial charge is 0.0651 e. The zero-order valence-electron chi connectivity index (χ0n) is 11.3. The average Bonchev–Trinajstić information content (AvgIpc) is 2.46. The molecule has 0 nitrogen and oxygen atoms in total. The Bertz CT molecular complexity index is 444. The maximum Gasteiger partial charge on any atom is -0.00959 e. The van der Waals surface area contributed by atoms with Crippen molar-refractivity contribution in [2.24, 2.45) is 5.92 Å². The van der Waals surface area contributed by atoms with E-state index in [0.29, 0.717) is 11.8 Å². The maximum absolute atomic E-state index is 2.36. The van der Waals surface area contributed by atoms with Gasteiger partial charge in [0.1, 0.15) is 0 Å². The molecule has 0 N–H and O–H groups in total. The van der Waals surface area contributed by atoms with Crippen molar-refractivity contribution in [2.75, 3.05) is 0 Å². The van der Waals surface area contributed by atoms with Crippen LogP contribution in [0.5, 0.6) is 0 Å². The second-order valence-corrected chi connectivity index (χ2v) is 5.09. The first-order valence-electron chi connectivity index (χ1n) is 6.90. The first-order chi connectivity index (χ1) is 8.81. The molecule has 18 heavy (non-hydrogen) atoms. The lowest BCUT2D eigenvalue weighted by Gasteiger charge is -2.23. The van der Waals surface area contributed by atoms with Gasteiger partial charge in [-0.3, -0.25) is 0 Å². The lowest BCUT2D eigenvalue weighted by Crippen LogP contribution is -2.12. The molecule has 0 heterocycles. The van der Waals surface area contributed by atoms with Gasteiger partial charge in [-0.25, -0.2) is 0 Å². The summed E-state index contributed by atoms with van der Waals surface area (Å²) in [5.41, 5.74) is 2.90. The van der Waals surface area contributed by atoms with Crippen molar-refractivity contribution in [3.05, 3.63) is 71.8 Å². The Labute approximate surface area is 111 Å². The minimum atomic E-state index is 0.624. The molecule has 0 amide bonds. The molecule has 0 aromatic heterocycles. The minimum absolute atomic E-state index is 0.624. The molecule has 0 radical (unpaired) electrons. The number of hydrogen-bond acceptors (Lipinski definition) is 0. The van der Waals surface area contributed by atoms with Gasteiger partial charge in [0.2, 0.25) is 0 Å². The van der Waals surface area contributed by atoms with Crippen molar-refractivity contribution in [1.29, 1.82) is 0 Å². The van der Waals surface area contributed by atoms with Gasteiger partial charge >= 0.3 is 0 Å². The molecule has 0 aliphatic heterocycles. The second kappa shape index (κ2) is 6.39. The summed E-state index contributed by atoms with van der Waals surface area (Å²) < 4.78 is 0. The van der Waals surface area contributed by atoms with Gasteiger partial charge in [-0.15, -0.1) is 0 Å². The van der Waals surface area contributed by atoms with E-state index in [1.807, 2.05) is 0 Å². The Balaban J connectivity index is 2.21. The quantitative estimate of drug-likeness (QED) is 0.683. The zero-order valence-corrected chi connectivity index (χ0v) is 11.3. The number of hydrogen-bond donors (Lipinski definition) is 0. The van der Waals surface area contributed by atoms with Crippen LogP contribution in [0, 0.1) is 5.92 Å². The highest BCUT2D eigenvalue weighted by Gasteiger charge is 2.18. The highest BCUT2D eigenvalue weighted by molar-refractivity contribution is 5.24. The van der Waals surface area contributed by atoms with Crippen LogP contribution in [0.2, 0.25) is 0 Å². The smallest absolute Gasteiger partial charge is 0.00959 e. The predicted molar refractivity (Wildman–Crippen MR) is 78.8 cm³/mol. The topological polar surface area (TPSA) is 0 Å². The monoisotopic (exact) mass is 238 g/mol. The molecule has 0 aliphatic rings. The van der Waals surface area contributed by atoms with Gasteiger partial charge in [-0.05, 0) is 29.4 Å². The van der Waals surface area contributed by atoms with Crippen molar-refractivity contribution in [3.8, 4) is 0 Å². The van der Waals surface area contributed by atoms with E-state index in [9.17, 15) is 0 Å². The maximum atomic E-state index is 2.36. The Hall–Kier alpha value is -1.56. The van der Waals surface area contributed by atoms with Crippen molar-refractivity contribution in [1.82, 2.24) is 0 Å². The molecule has 0 bridgehead atoms. The normalized spacial score (nSPS) is 14.1. The van der Waals surface area contributed by atoms with Crippen LogP contribution in [-0.2, 0) is 6.42 Å². The Kier molecular flexibility index (Phi) is 4.58. The van der Waals surface area contributed by atoms with Gasteiger partial charge < -0.3 is 0 Å². The molecule has 2 aromatic rings. The van der Waals surface area contributed by atoms with E-state index in [0.717, 1.165) is 6.42 Å². The second-order valence-electron chi connectivity index (χ2n) is 5.09. The van der Waals surface area contributed by atoms with E-state index in [1.165, 1.54) is 17.5 Å². The summed E-state index contributed by atoms with van der Waals surface area (Å²) in [5, 5.41) is 0. The van der Waals surface area contributed by atoms with Crippen LogP contribution >= 0.6 is 0 Å². The lowest BCUT2D eigenvalue weighted by molar-refractivity contribution is 0.443. The number of rotatable bonds is 5. The Morgan fingerprint density at radius 2 is 1.39 bits per heavy atom. The van der Waals surface area contributed by atoms with Gasteiger partial charge in [0.25, 0.3) is 0 Å². The molecule has 2 unspecified atom stereocenters. The van der Waals surface area contributed by atoms with E-state index < -0.39 is 0 Å². The van der Waals surface area contributed by atoms with Crippen molar-refractivity contribution in [2.45, 2.75) is 32.6 Å². The molecular formula is C18H22. The van der Waals surface area contributed by atoms with Crippen LogP contribution in [0.4, 0.5) is 0 Å². The fourth-order valence-corrected chi connectivity index (χ4v) is 2.50. The predicted octanol–water partition coefficient (Wildman–Crippen LogP) is 5.06. The van der Waals surface area contributed by atoms with Crippen LogP contribution in [-0.4, -0.2) is 0 Å². The van der Waals surface area contributed by atoms with Crippen LogP contribution in [0.3, 0.4) is 0 Å². The third-order valence-corrected chi connectivity index (χ3v) is 3.86. The van der Waals surface area contributed by atoms with E-state index in [2.05, 4.69) is 74.5 Å². The van der Waals surface area contributed by atoms with Gasteiger partial charge in [0.05, 0.1) is 0 Å². The summed E-state index contributed by atoms with van der Waals surface area (Å²) in [7, 11) is 0. The van der Waals surface area contributed by atoms with Crippen molar-refractivity contribution in [3.63, 3.8) is 0 Å². The summed E-state index contributed by atoms with van der Waals surface area (Å²) in [6.45, 7) is 4.65. The van der Waals surface area contributed by atoms with E-state index in [-0.39, 0.29) is 0 Å². The fraction of sp³-hybridized carbons (Fsp3) is 0.333. The fourth-order valence-electron chi connectivity index (χ4n) is 2.50. The molecule has 0 spiro atoms. The van der Waals surface area contributed by atoms with Gasteiger partial charge in [-0.2, -0.15) is 0 Å². The third-order valence-electron chi connectivity index (χ3n) is 3.86. The van der Waals surface area contributed by atoms with Crippen molar-refractivity contribution >= 4 is 0 Å². The Morgan fingerprint density at radius 1 is 0.833 bits per heavy atom. The molecule has 0 saturated heterocycles. The van der Waals surface area contributed by atoms with E-state index in [1.54, 1.807) is 0 Å². The third kappa shape index (κ3) is 3.22. The van der Waals surface area contributed by atoms with Crippen LogP contribution in [0.25, 0.3) is 0 Å². The highest BCUT2D eigenvalue weighted by Crippen LogP contribution is 2.30. The molecule has 2 rings (SSSR count). The first kappa shape index (κ1) is 12.9. The van der Waals surface area contributed by atoms with Crippen molar-refractivity contribution < 1.29 is 0 Å². The summed E-state index contributed by atoms with van der Waals surface area (Å²) in [6, 6.07) is 21.7. The van der Waals surface area contributed by atoms with Crippen LogP contribution in [0.1, 0.15) is 37.3 Å². The average molecular weight is 238 g/mol. The highest BCUT2D eigenvalue weighted by atomic mass is 14.2. The van der Waals surface area contributed by atoms with Gasteiger partial charge in [0, 0.05) is 0 Å². The minimum Gasteiger partial charge on any atom is -0.0651 e. The van der Waals surface area contributed by atoms with E-state index >= 15 is 0 Å². The molecule has 2 atom stereocenters. The number of benzene rings is 2. The SMILES string of the molecule is CCC(C)C(Cc1ccccc1)c1ccccc1. The standard InChI is InChI=1S/C18H22/c1-3-15(2)18(17-12-8-5-9-13-17)14-16-10-6-4-7-11-16/h4-13,15,18H,3,14H2,1-2H3. The first-order valence-corrected chi connectivity index (χ1v) is 6.90. The molecule has 0 fully saturated rings. The molecular weight excluding hydrogens is 216 g/mol. The molecule has 0 saturated carbocycles. The Morgan fingerprint density at radius 3 is 1.94 bits per heavy atom. The van der Waals surface area contributed by atoms with E-state index in [4.69, 9.17) is 0 Å². The van der Waals surface area contributed by atoms with Gasteiger partial charge in [0.15, 0.2) is 0 Å². The molecule has 94 valence electrons. The molecule has 2 aromatic carbocycles. The van der Waals surface area contributed by atoms with Crippen LogP contribution < -0.4 is 0 Å². The summed E-state index contributed by atoms with van der Waals surface area (Å²) >= 11 is 0. The summed E-state index contributed by atoms with van der Waals surface area (Å²) in [4.78, 5) is 0. The van der Waals surface area contributed by atoms with Crippen LogP contribution in [0.15, 0.2) is 60.7 Å². The summed E-state index contributed by atoms with van der Waals surface area (Å²) in [5.74, 6) is 1.34. The molecule has 0 heteroatoms. The zero-order chi connectivity index (χ0) is 12.8.